The van der Waals surface area contributed by atoms with E-state index in [4.69, 9.17) is 16.4 Å². The number of aromatic nitrogens is 1. The van der Waals surface area contributed by atoms with Crippen LogP contribution < -0.4 is 5.43 Å². The van der Waals surface area contributed by atoms with Gasteiger partial charge in [0.15, 0.2) is 17.1 Å². The van der Waals surface area contributed by atoms with Crippen LogP contribution in [-0.4, -0.2) is 59.5 Å². The number of piperidine rings is 1. The number of halogens is 5. The van der Waals surface area contributed by atoms with Crippen molar-refractivity contribution in [2.45, 2.75) is 55.6 Å². The van der Waals surface area contributed by atoms with E-state index in [9.17, 15) is 34.7 Å². The second-order valence-corrected chi connectivity index (χ2v) is 11.7. The zero-order chi connectivity index (χ0) is 56.4. The number of likely N-dealkylation sites (tertiary alicyclic amines) is 1. The zero-order valence-electron chi connectivity index (χ0n) is 48.4. The Kier molecular flexibility index (Phi) is 6.19. The van der Waals surface area contributed by atoms with Crippen LogP contribution in [0, 0.1) is 18.6 Å². The molecule has 4 aromatic carbocycles. The van der Waals surface area contributed by atoms with E-state index in [2.05, 4.69) is 4.74 Å². The molecule has 0 bridgehead atoms. The predicted octanol–water partition coefficient (Wildman–Crippen LogP) is 8.71. The van der Waals surface area contributed by atoms with Crippen molar-refractivity contribution >= 4 is 28.6 Å². The third-order valence-corrected chi connectivity index (χ3v) is 8.09. The minimum absolute atomic E-state index is 0.0119. The maximum absolute atomic E-state index is 15.8. The molecule has 0 aliphatic carbocycles. The van der Waals surface area contributed by atoms with Gasteiger partial charge in [0.25, 0.3) is 0 Å². The number of amides is 1. The number of hydrogen-bond donors (Lipinski definition) is 0. The molecule has 0 spiro atoms. The lowest BCUT2D eigenvalue weighted by atomic mass is 10.00. The van der Waals surface area contributed by atoms with Gasteiger partial charge in [-0.1, -0.05) is 54.6 Å². The normalized spacial score (nSPS) is 25.5. The number of carbonyl (C=O) groups excluding carboxylic acids is 1. The summed E-state index contributed by atoms with van der Waals surface area (Å²) in [6, 6.07) is -0.601. The minimum atomic E-state index is -4.84. The van der Waals surface area contributed by atoms with Gasteiger partial charge in [-0.15, -0.1) is 11.8 Å². The number of alkyl halides is 3. The summed E-state index contributed by atoms with van der Waals surface area (Å²) in [6.45, 7) is -21.1. The van der Waals surface area contributed by atoms with Gasteiger partial charge in [0.1, 0.15) is 6.50 Å². The van der Waals surface area contributed by atoms with Crippen LogP contribution in [0.2, 0.25) is 0 Å². The molecule has 1 amide bonds. The van der Waals surface area contributed by atoms with Crippen molar-refractivity contribution in [2.24, 2.45) is 0 Å². The average Bonchev–Trinajstić information content (AvgIpc) is 3.30. The first-order chi connectivity index (χ1) is 33.5. The molecule has 53 heavy (non-hydrogen) atoms. The molecule has 2 heterocycles. The van der Waals surface area contributed by atoms with Crippen molar-refractivity contribution in [1.29, 1.82) is 0 Å². The molecule has 1 aliphatic rings. The third-order valence-electron chi connectivity index (χ3n) is 7.29. The highest BCUT2D eigenvalue weighted by molar-refractivity contribution is 7.98. The van der Waals surface area contributed by atoms with Gasteiger partial charge in [0, 0.05) is 75.6 Å². The molecule has 5 aromatic rings. The fraction of sp³-hybridized carbons (Fsp3) is 0.317. The van der Waals surface area contributed by atoms with Crippen LogP contribution in [0.15, 0.2) is 101 Å². The molecule has 278 valence electrons. The Bertz CT molecular complexity index is 3100. The number of benzene rings is 4. The summed E-state index contributed by atoms with van der Waals surface area (Å²) < 4.78 is 264. The second kappa shape index (κ2) is 16.7. The summed E-state index contributed by atoms with van der Waals surface area (Å²) >= 11 is -0.494. The smallest absolute Gasteiger partial charge is 0.383 e. The number of methoxy groups -OCH3 is 1. The van der Waals surface area contributed by atoms with Gasteiger partial charge in [-0.05, 0) is 72.2 Å². The van der Waals surface area contributed by atoms with Crippen molar-refractivity contribution in [3.8, 4) is 11.1 Å². The molecule has 1 fully saturated rings. The lowest BCUT2D eigenvalue weighted by Crippen LogP contribution is -2.48. The number of rotatable bonds is 12. The molecule has 0 saturated carbocycles. The number of pyridine rings is 1. The van der Waals surface area contributed by atoms with Crippen molar-refractivity contribution in [2.75, 3.05) is 33.2 Å². The molecule has 12 heteroatoms. The molecule has 0 unspecified atom stereocenters. The summed E-state index contributed by atoms with van der Waals surface area (Å²) in [5.74, 6) is -6.25. The Balaban J connectivity index is 1.75. The van der Waals surface area contributed by atoms with Crippen molar-refractivity contribution in [3.63, 3.8) is 0 Å². The maximum Gasteiger partial charge on any atom is 0.416 e. The quantitative estimate of drug-likeness (QED) is 0.0940. The molecule has 0 radical (unpaired) electrons. The minimum Gasteiger partial charge on any atom is -0.383 e. The fourth-order valence-electron chi connectivity index (χ4n) is 4.69. The van der Waals surface area contributed by atoms with Gasteiger partial charge in [-0.2, -0.15) is 13.2 Å². The summed E-state index contributed by atoms with van der Waals surface area (Å²) in [5.41, 5.74) is -10.1. The molecule has 0 N–H and O–H groups in total. The Morgan fingerprint density at radius 1 is 1.04 bits per heavy atom. The number of ether oxygens (including phenoxy) is 1. The Hall–Kier alpha value is -4.52. The molecule has 1 aliphatic heterocycles. The predicted molar refractivity (Wildman–Crippen MR) is 198 cm³/mol. The Morgan fingerprint density at radius 2 is 1.72 bits per heavy atom. The van der Waals surface area contributed by atoms with E-state index in [-0.39, 0.29) is 20.6 Å². The fourth-order valence-corrected chi connectivity index (χ4v) is 5.43. The van der Waals surface area contributed by atoms with Gasteiger partial charge >= 0.3 is 6.18 Å². The highest BCUT2D eigenvalue weighted by Gasteiger charge is 2.31. The lowest BCUT2D eigenvalue weighted by Gasteiger charge is -2.39. The molecule has 1 aromatic heterocycles. The van der Waals surface area contributed by atoms with E-state index < -0.39 is 172 Å². The van der Waals surface area contributed by atoms with Crippen molar-refractivity contribution in [3.05, 3.63) is 135 Å². The van der Waals surface area contributed by atoms with Crippen LogP contribution in [0.25, 0.3) is 22.0 Å². The van der Waals surface area contributed by atoms with Crippen LogP contribution in [0.3, 0.4) is 0 Å². The number of thioether (sulfide) groups is 1. The Labute approximate surface area is 338 Å². The highest BCUT2D eigenvalue weighted by Crippen LogP contribution is 2.32. The lowest BCUT2D eigenvalue weighted by molar-refractivity contribution is -0.137. The van der Waals surface area contributed by atoms with Gasteiger partial charge in [-0.25, -0.2) is 8.78 Å². The largest absolute Gasteiger partial charge is 0.416 e. The van der Waals surface area contributed by atoms with Crippen molar-refractivity contribution in [1.82, 2.24) is 14.4 Å². The van der Waals surface area contributed by atoms with E-state index in [1.165, 1.54) is 0 Å². The van der Waals surface area contributed by atoms with Gasteiger partial charge in [-0.3, -0.25) is 9.59 Å². The second-order valence-electron chi connectivity index (χ2n) is 10.9. The standard InChI is InChI=1S/C41H40F5N3O3S/c1-27-6-15-34-36(22-27)49(39(23-37(34)50)53-26-31-4-3-5-35(42)40(31)43)25-38(51)48(33-16-18-47(19-17-33)20-21-52-2)24-28-7-9-29(10-8-28)30-11-13-32(14-12-30)41(44,45)46/h3-15,22-23,33H,16-21,24-26H2,1-2H3/i6D,15D,16D2,17D2,18D2,19D2,21D2,22D,23D,24D2,25D2,26D2,33D. The van der Waals surface area contributed by atoms with Crippen LogP contribution in [0.4, 0.5) is 22.0 Å². The van der Waals surface area contributed by atoms with Crippen LogP contribution >= 0.6 is 11.8 Å². The van der Waals surface area contributed by atoms with E-state index >= 15 is 9.18 Å². The average molecular weight is 771 g/mol. The molecule has 6 rings (SSSR count). The Morgan fingerprint density at radius 3 is 2.38 bits per heavy atom. The highest BCUT2D eigenvalue weighted by atomic mass is 32.2. The first-order valence-electron chi connectivity index (χ1n) is 25.7. The van der Waals surface area contributed by atoms with Crippen LogP contribution in [-0.2, 0) is 34.4 Å². The van der Waals surface area contributed by atoms with E-state index in [1.807, 2.05) is 0 Å². The maximum atomic E-state index is 15.8. The van der Waals surface area contributed by atoms with Crippen molar-refractivity contribution < 1.29 is 60.3 Å². The van der Waals surface area contributed by atoms with Gasteiger partial charge in [0.2, 0.25) is 5.91 Å². The monoisotopic (exact) mass is 770 g/mol. The number of hydrogen-bond acceptors (Lipinski definition) is 5. The summed E-state index contributed by atoms with van der Waals surface area (Å²) in [6.07, 6.45) is -14.0. The SMILES string of the molecule is [2H]c1c(C)c([2H])c2c(c1[2H])c(=O)c([2H])c(SC([2H])([2H])c1cccc(F)c1F)n2C([2H])([2H])C(=O)N(C([2H])([2H])c1ccc(-c2ccc(C(F)(F)F)cc2)cc1)C1([2H])C([2H])([2H])C([2H])([2H])N(CC([2H])([2H])OC)C([2H])([2H])C1([2H])[2H]. The van der Waals surface area contributed by atoms with Gasteiger partial charge in [0.05, 0.1) is 37.7 Å². The van der Waals surface area contributed by atoms with Gasteiger partial charge < -0.3 is 19.1 Å². The molecule has 1 saturated heterocycles. The summed E-state index contributed by atoms with van der Waals surface area (Å²) in [4.78, 5) is 28.6. The number of fused-ring (bicyclic) bond motifs is 1. The first kappa shape index (κ1) is 19.7. The topological polar surface area (TPSA) is 54.8 Å². The van der Waals surface area contributed by atoms with E-state index in [0.717, 1.165) is 56.5 Å². The first-order valence-corrected chi connectivity index (χ1v) is 16.0. The number of carbonyl (C=O) groups is 1. The zero-order valence-corrected chi connectivity index (χ0v) is 28.2. The molecular formula is C41H40F5N3O3S. The number of nitrogens with zero attached hydrogens (tertiary/aromatic N) is 3. The third kappa shape index (κ3) is 9.17. The van der Waals surface area contributed by atoms with E-state index in [1.54, 1.807) is 0 Å². The summed E-state index contributed by atoms with van der Waals surface area (Å²) in [5, 5.41) is -2.66. The van der Waals surface area contributed by atoms with E-state index in [0.29, 0.717) is 24.3 Å². The molecule has 0 atom stereocenters. The summed E-state index contributed by atoms with van der Waals surface area (Å²) in [7, 11) is 0.723. The van der Waals surface area contributed by atoms with Crippen LogP contribution in [0.5, 0.6) is 0 Å². The molecular weight excluding hydrogens is 710 g/mol. The molecule has 6 nitrogen and oxygen atoms in total. The van der Waals surface area contributed by atoms with Crippen LogP contribution in [0.1, 0.15) is 63.8 Å².